The van der Waals surface area contributed by atoms with Gasteiger partial charge in [0, 0.05) is 16.3 Å². The highest BCUT2D eigenvalue weighted by Crippen LogP contribution is 2.23. The summed E-state index contributed by atoms with van der Waals surface area (Å²) in [7, 11) is -3.01. The number of benzene rings is 1. The summed E-state index contributed by atoms with van der Waals surface area (Å²) in [5, 5.41) is 2.38. The van der Waals surface area contributed by atoms with Gasteiger partial charge in [-0.05, 0) is 31.0 Å². The summed E-state index contributed by atoms with van der Waals surface area (Å²) in [6, 6.07) is 4.53. The molecule has 4 nitrogen and oxygen atoms in total. The van der Waals surface area contributed by atoms with Crippen LogP contribution in [0.4, 0.5) is 4.39 Å². The van der Waals surface area contributed by atoms with Crippen molar-refractivity contribution >= 4 is 43.4 Å². The number of thioether (sulfide) groups is 1. The normalized spacial score (nSPS) is 21.5. The zero-order valence-electron chi connectivity index (χ0n) is 12.0. The molecule has 2 atom stereocenters. The van der Waals surface area contributed by atoms with Crippen molar-refractivity contribution in [1.29, 1.82) is 0 Å². The molecule has 1 amide bonds. The number of sulfone groups is 1. The molecule has 0 spiro atoms. The van der Waals surface area contributed by atoms with Crippen molar-refractivity contribution < 1.29 is 17.6 Å². The lowest BCUT2D eigenvalue weighted by Gasteiger charge is -2.15. The molecule has 0 radical (unpaired) electrons. The van der Waals surface area contributed by atoms with Crippen molar-refractivity contribution in [3.05, 3.63) is 34.1 Å². The minimum Gasteiger partial charge on any atom is -0.351 e. The van der Waals surface area contributed by atoms with Crippen LogP contribution in [0.2, 0.25) is 0 Å². The highest BCUT2D eigenvalue weighted by Gasteiger charge is 2.30. The van der Waals surface area contributed by atoms with Crippen molar-refractivity contribution in [1.82, 2.24) is 5.32 Å². The van der Waals surface area contributed by atoms with E-state index in [0.29, 0.717) is 22.2 Å². The maximum Gasteiger partial charge on any atom is 0.233 e. The maximum atomic E-state index is 13.7. The molecule has 1 aliphatic rings. The number of carbonyl (C=O) groups excluding carboxylic acids is 1. The van der Waals surface area contributed by atoms with Gasteiger partial charge in [0.05, 0.1) is 16.8 Å². The summed E-state index contributed by atoms with van der Waals surface area (Å²) >= 11 is 4.52. The van der Waals surface area contributed by atoms with Crippen molar-refractivity contribution in [2.45, 2.75) is 30.4 Å². The first-order valence-corrected chi connectivity index (χ1v) is 10.5. The van der Waals surface area contributed by atoms with E-state index < -0.39 is 9.84 Å². The second-order valence-corrected chi connectivity index (χ2v) is 9.77. The predicted molar refractivity (Wildman–Crippen MR) is 90.1 cm³/mol. The van der Waals surface area contributed by atoms with Crippen LogP contribution in [-0.4, -0.2) is 37.1 Å². The third-order valence-electron chi connectivity index (χ3n) is 3.45. The summed E-state index contributed by atoms with van der Waals surface area (Å²) in [4.78, 5) is 12.0. The number of hydrogen-bond acceptors (Lipinski definition) is 4. The molecule has 2 rings (SSSR count). The molecule has 0 aliphatic carbocycles. The van der Waals surface area contributed by atoms with Crippen LogP contribution in [-0.2, 0) is 20.4 Å². The van der Waals surface area contributed by atoms with Gasteiger partial charge >= 0.3 is 0 Å². The topological polar surface area (TPSA) is 63.2 Å². The lowest BCUT2D eigenvalue weighted by Crippen LogP contribution is -2.40. The molecule has 1 saturated heterocycles. The van der Waals surface area contributed by atoms with E-state index >= 15 is 0 Å². The van der Waals surface area contributed by atoms with Crippen molar-refractivity contribution in [2.75, 3.05) is 11.5 Å². The van der Waals surface area contributed by atoms with E-state index in [-0.39, 0.29) is 34.5 Å². The molecule has 0 aromatic heterocycles. The third kappa shape index (κ3) is 4.96. The number of rotatable bonds is 5. The number of halogens is 2. The Morgan fingerprint density at radius 2 is 2.27 bits per heavy atom. The lowest BCUT2D eigenvalue weighted by molar-refractivity contribution is -0.120. The quantitative estimate of drug-likeness (QED) is 0.811. The molecule has 0 bridgehead atoms. The molecule has 2 unspecified atom stereocenters. The fraction of sp³-hybridized carbons (Fsp3) is 0.500. The average molecular weight is 410 g/mol. The van der Waals surface area contributed by atoms with Crippen LogP contribution in [0.5, 0.6) is 0 Å². The number of carbonyl (C=O) groups is 1. The molecule has 1 heterocycles. The van der Waals surface area contributed by atoms with Gasteiger partial charge in [-0.3, -0.25) is 4.79 Å². The minimum absolute atomic E-state index is 0.0114. The summed E-state index contributed by atoms with van der Waals surface area (Å²) in [5.41, 5.74) is 0.538. The monoisotopic (exact) mass is 409 g/mol. The van der Waals surface area contributed by atoms with Crippen LogP contribution in [0.1, 0.15) is 18.9 Å². The first kappa shape index (κ1) is 17.7. The molecule has 1 aliphatic heterocycles. The number of nitrogens with one attached hydrogen (secondary N) is 1. The van der Waals surface area contributed by atoms with Gasteiger partial charge in [0.2, 0.25) is 5.91 Å². The van der Waals surface area contributed by atoms with E-state index in [1.165, 1.54) is 17.8 Å². The van der Waals surface area contributed by atoms with Crippen molar-refractivity contribution in [3.8, 4) is 0 Å². The fourth-order valence-electron chi connectivity index (χ4n) is 2.16. The Kier molecular flexibility index (Phi) is 5.90. The summed E-state index contributed by atoms with van der Waals surface area (Å²) in [6.45, 7) is 1.74. The molecule has 1 aromatic rings. The smallest absolute Gasteiger partial charge is 0.233 e. The van der Waals surface area contributed by atoms with Crippen molar-refractivity contribution in [3.63, 3.8) is 0 Å². The fourth-order valence-corrected chi connectivity index (χ4v) is 5.05. The molecule has 1 aromatic carbocycles. The Balaban J connectivity index is 1.84. The minimum atomic E-state index is -3.01. The zero-order valence-corrected chi connectivity index (χ0v) is 15.2. The van der Waals surface area contributed by atoms with Gasteiger partial charge in [0.25, 0.3) is 0 Å². The second kappa shape index (κ2) is 7.31. The van der Waals surface area contributed by atoms with E-state index in [1.54, 1.807) is 19.1 Å². The van der Waals surface area contributed by atoms with Crippen molar-refractivity contribution in [2.24, 2.45) is 0 Å². The largest absolute Gasteiger partial charge is 0.351 e. The predicted octanol–water partition coefficient (Wildman–Crippen LogP) is 2.51. The Bertz CT molecular complexity index is 666. The first-order valence-electron chi connectivity index (χ1n) is 6.83. The SMILES string of the molecule is CC(SCc1ccc(Br)cc1F)C(=O)NC1CCS(=O)(=O)C1. The number of amides is 1. The highest BCUT2D eigenvalue weighted by molar-refractivity contribution is 9.10. The van der Waals surface area contributed by atoms with Crippen LogP contribution in [0, 0.1) is 5.82 Å². The van der Waals surface area contributed by atoms with Crippen LogP contribution >= 0.6 is 27.7 Å². The highest BCUT2D eigenvalue weighted by atomic mass is 79.9. The van der Waals surface area contributed by atoms with E-state index in [2.05, 4.69) is 21.2 Å². The van der Waals surface area contributed by atoms with Gasteiger partial charge in [-0.25, -0.2) is 12.8 Å². The number of hydrogen-bond donors (Lipinski definition) is 1. The van der Waals surface area contributed by atoms with Crippen LogP contribution in [0.3, 0.4) is 0 Å². The summed E-state index contributed by atoms with van der Waals surface area (Å²) in [6.07, 6.45) is 0.465. The van der Waals surface area contributed by atoms with Gasteiger partial charge in [0.15, 0.2) is 9.84 Å². The molecule has 22 heavy (non-hydrogen) atoms. The van der Waals surface area contributed by atoms with Gasteiger partial charge < -0.3 is 5.32 Å². The summed E-state index contributed by atoms with van der Waals surface area (Å²) < 4.78 is 37.1. The molecule has 122 valence electrons. The van der Waals surface area contributed by atoms with Gasteiger partial charge in [-0.1, -0.05) is 22.0 Å². The maximum absolute atomic E-state index is 13.7. The molecule has 1 fully saturated rings. The molecule has 8 heteroatoms. The second-order valence-electron chi connectivity index (χ2n) is 5.30. The standard InChI is InChI=1S/C14H17BrFNO3S2/c1-9(14(18)17-12-4-5-22(19,20)8-12)21-7-10-2-3-11(15)6-13(10)16/h2-3,6,9,12H,4-5,7-8H2,1H3,(H,17,18). The van der Waals surface area contributed by atoms with E-state index in [1.807, 2.05) is 0 Å². The molecule has 1 N–H and O–H groups in total. The van der Waals surface area contributed by atoms with Gasteiger partial charge in [0.1, 0.15) is 5.82 Å². The van der Waals surface area contributed by atoms with Gasteiger partial charge in [-0.15, -0.1) is 11.8 Å². The Morgan fingerprint density at radius 3 is 2.86 bits per heavy atom. The van der Waals surface area contributed by atoms with E-state index in [9.17, 15) is 17.6 Å². The molecular weight excluding hydrogens is 393 g/mol. The first-order chi connectivity index (χ1) is 10.3. The van der Waals surface area contributed by atoms with E-state index in [0.717, 1.165) is 0 Å². The average Bonchev–Trinajstić information content (AvgIpc) is 2.76. The molecule has 0 saturated carbocycles. The molecular formula is C14H17BrFNO3S2. The zero-order chi connectivity index (χ0) is 16.3. The van der Waals surface area contributed by atoms with E-state index in [4.69, 9.17) is 0 Å². The van der Waals surface area contributed by atoms with Crippen LogP contribution in [0.25, 0.3) is 0 Å². The van der Waals surface area contributed by atoms with Crippen LogP contribution < -0.4 is 5.32 Å². The Hall–Kier alpha value is -0.600. The summed E-state index contributed by atoms with van der Waals surface area (Å²) in [5.74, 6) is 0.0125. The van der Waals surface area contributed by atoms with Gasteiger partial charge in [-0.2, -0.15) is 0 Å². The third-order valence-corrected chi connectivity index (χ3v) is 6.90. The Labute approximate surface area is 142 Å². The van der Waals surface area contributed by atoms with Crippen LogP contribution in [0.15, 0.2) is 22.7 Å². The Morgan fingerprint density at radius 1 is 1.55 bits per heavy atom. The lowest BCUT2D eigenvalue weighted by atomic mass is 10.2.